The van der Waals surface area contributed by atoms with Crippen LogP contribution in [0.2, 0.25) is 0 Å². The molecular weight excluding hydrogens is 345 g/mol. The molecule has 6 nitrogen and oxygen atoms in total. The third kappa shape index (κ3) is 4.84. The number of benzene rings is 2. The van der Waals surface area contributed by atoms with E-state index in [1.807, 2.05) is 42.6 Å². The molecule has 0 amide bonds. The van der Waals surface area contributed by atoms with E-state index in [0.717, 1.165) is 17.1 Å². The van der Waals surface area contributed by atoms with Gasteiger partial charge in [-0.15, -0.1) is 0 Å². The number of aromatic nitrogens is 2. The quantitative estimate of drug-likeness (QED) is 0.519. The first-order chi connectivity index (χ1) is 13.2. The highest BCUT2D eigenvalue weighted by molar-refractivity contribution is 5.79. The van der Waals surface area contributed by atoms with Crippen LogP contribution < -0.4 is 15.4 Å². The van der Waals surface area contributed by atoms with Crippen molar-refractivity contribution < 1.29 is 9.13 Å². The fraction of sp³-hybridized carbons (Fsp3) is 0.200. The Labute approximate surface area is 157 Å². The zero-order chi connectivity index (χ0) is 19.1. The maximum absolute atomic E-state index is 13.7. The highest BCUT2D eigenvalue weighted by Gasteiger charge is 2.05. The average Bonchev–Trinajstić information content (AvgIpc) is 3.18. The summed E-state index contributed by atoms with van der Waals surface area (Å²) in [5, 5.41) is 10.8. The SMILES string of the molecule is CN=C(NCc1ccn(-c2ccc(OC)cc2)n1)NCc1ccccc1F. The first-order valence-corrected chi connectivity index (χ1v) is 8.56. The standard InChI is InChI=1S/C20H22FN5O/c1-22-20(23-13-15-5-3-4-6-19(15)21)24-14-16-11-12-26(25-16)17-7-9-18(27-2)10-8-17/h3-12H,13-14H2,1-2H3,(H2,22,23,24). The van der Waals surface area contributed by atoms with Crippen LogP contribution in [0.15, 0.2) is 65.8 Å². The summed E-state index contributed by atoms with van der Waals surface area (Å²) in [4.78, 5) is 4.16. The average molecular weight is 367 g/mol. The number of hydrogen-bond acceptors (Lipinski definition) is 3. The van der Waals surface area contributed by atoms with Gasteiger partial charge < -0.3 is 15.4 Å². The molecule has 0 radical (unpaired) electrons. The Balaban J connectivity index is 1.55. The van der Waals surface area contributed by atoms with Gasteiger partial charge in [-0.2, -0.15) is 5.10 Å². The van der Waals surface area contributed by atoms with Crippen LogP contribution in [0.5, 0.6) is 5.75 Å². The van der Waals surface area contributed by atoms with Crippen molar-refractivity contribution in [3.05, 3.63) is 77.9 Å². The lowest BCUT2D eigenvalue weighted by atomic mass is 10.2. The molecule has 1 aromatic heterocycles. The van der Waals surface area contributed by atoms with Gasteiger partial charge in [-0.3, -0.25) is 4.99 Å². The predicted octanol–water partition coefficient (Wildman–Crippen LogP) is 2.89. The molecule has 0 bridgehead atoms. The molecule has 0 saturated carbocycles. The number of halogens is 1. The molecule has 0 aliphatic carbocycles. The van der Waals surface area contributed by atoms with Crippen LogP contribution in [0.4, 0.5) is 4.39 Å². The normalized spacial score (nSPS) is 11.3. The van der Waals surface area contributed by atoms with Crippen LogP contribution in [0.25, 0.3) is 5.69 Å². The predicted molar refractivity (Wildman–Crippen MR) is 104 cm³/mol. The number of rotatable bonds is 6. The molecule has 3 aromatic rings. The van der Waals surface area contributed by atoms with Crippen molar-refractivity contribution in [1.29, 1.82) is 0 Å². The summed E-state index contributed by atoms with van der Waals surface area (Å²) in [5.41, 5.74) is 2.40. The zero-order valence-corrected chi connectivity index (χ0v) is 15.3. The Morgan fingerprint density at radius 2 is 1.81 bits per heavy atom. The lowest BCUT2D eigenvalue weighted by Crippen LogP contribution is -2.36. The van der Waals surface area contributed by atoms with Crippen molar-refractivity contribution in [3.63, 3.8) is 0 Å². The number of aliphatic imine (C=N–C) groups is 1. The Bertz CT molecular complexity index is 905. The fourth-order valence-corrected chi connectivity index (χ4v) is 2.55. The van der Waals surface area contributed by atoms with Gasteiger partial charge in [0.05, 0.1) is 25.0 Å². The van der Waals surface area contributed by atoms with Gasteiger partial charge in [0.1, 0.15) is 11.6 Å². The van der Waals surface area contributed by atoms with Crippen molar-refractivity contribution >= 4 is 5.96 Å². The highest BCUT2D eigenvalue weighted by atomic mass is 19.1. The number of hydrogen-bond donors (Lipinski definition) is 2. The van der Waals surface area contributed by atoms with E-state index in [-0.39, 0.29) is 5.82 Å². The van der Waals surface area contributed by atoms with E-state index >= 15 is 0 Å². The van der Waals surface area contributed by atoms with E-state index in [1.54, 1.807) is 31.0 Å². The largest absolute Gasteiger partial charge is 0.497 e. The summed E-state index contributed by atoms with van der Waals surface area (Å²) in [7, 11) is 3.31. The molecule has 0 aliphatic rings. The molecule has 0 spiro atoms. The van der Waals surface area contributed by atoms with Crippen molar-refractivity contribution in [3.8, 4) is 11.4 Å². The van der Waals surface area contributed by atoms with Crippen LogP contribution in [0.1, 0.15) is 11.3 Å². The number of nitrogens with one attached hydrogen (secondary N) is 2. The summed E-state index contributed by atoms with van der Waals surface area (Å²) in [5.74, 6) is 1.15. The van der Waals surface area contributed by atoms with Crippen molar-refractivity contribution in [1.82, 2.24) is 20.4 Å². The highest BCUT2D eigenvalue weighted by Crippen LogP contribution is 2.14. The lowest BCUT2D eigenvalue weighted by molar-refractivity contribution is 0.414. The van der Waals surface area contributed by atoms with Crippen LogP contribution in [0, 0.1) is 5.82 Å². The Hall–Kier alpha value is -3.35. The summed E-state index contributed by atoms with van der Waals surface area (Å²) in [6, 6.07) is 16.3. The third-order valence-electron chi connectivity index (χ3n) is 4.05. The van der Waals surface area contributed by atoms with Crippen molar-refractivity contribution in [2.24, 2.45) is 4.99 Å². The van der Waals surface area contributed by atoms with E-state index in [0.29, 0.717) is 24.6 Å². The number of methoxy groups -OCH3 is 1. The van der Waals surface area contributed by atoms with Gasteiger partial charge in [-0.05, 0) is 36.4 Å². The molecule has 0 unspecified atom stereocenters. The van der Waals surface area contributed by atoms with Gasteiger partial charge in [0.2, 0.25) is 0 Å². The minimum Gasteiger partial charge on any atom is -0.497 e. The Morgan fingerprint density at radius 1 is 1.07 bits per heavy atom. The van der Waals surface area contributed by atoms with Crippen LogP contribution in [0.3, 0.4) is 0 Å². The van der Waals surface area contributed by atoms with Gasteiger partial charge in [-0.25, -0.2) is 9.07 Å². The smallest absolute Gasteiger partial charge is 0.191 e. The van der Waals surface area contributed by atoms with Gasteiger partial charge in [0.25, 0.3) is 0 Å². The molecule has 2 aromatic carbocycles. The molecule has 0 fully saturated rings. The number of ether oxygens (including phenoxy) is 1. The Morgan fingerprint density at radius 3 is 2.52 bits per heavy atom. The third-order valence-corrected chi connectivity index (χ3v) is 4.05. The molecule has 2 N–H and O–H groups in total. The van der Waals surface area contributed by atoms with E-state index in [2.05, 4.69) is 20.7 Å². The molecular formula is C20H22FN5O. The molecule has 7 heteroatoms. The second-order valence-corrected chi connectivity index (χ2v) is 5.82. The minimum atomic E-state index is -0.237. The monoisotopic (exact) mass is 367 g/mol. The fourth-order valence-electron chi connectivity index (χ4n) is 2.55. The van der Waals surface area contributed by atoms with E-state index in [4.69, 9.17) is 4.74 Å². The second kappa shape index (κ2) is 8.84. The van der Waals surface area contributed by atoms with Crippen LogP contribution in [-0.2, 0) is 13.1 Å². The molecule has 0 saturated heterocycles. The minimum absolute atomic E-state index is 0.237. The molecule has 0 aliphatic heterocycles. The van der Waals surface area contributed by atoms with Crippen molar-refractivity contribution in [2.75, 3.05) is 14.2 Å². The van der Waals surface area contributed by atoms with Gasteiger partial charge in [-0.1, -0.05) is 18.2 Å². The number of nitrogens with zero attached hydrogens (tertiary/aromatic N) is 3. The maximum Gasteiger partial charge on any atom is 0.191 e. The number of guanidine groups is 1. The van der Waals surface area contributed by atoms with E-state index in [1.165, 1.54) is 6.07 Å². The summed E-state index contributed by atoms with van der Waals surface area (Å²) in [6.07, 6.45) is 1.90. The molecule has 1 heterocycles. The van der Waals surface area contributed by atoms with Crippen LogP contribution in [-0.4, -0.2) is 29.9 Å². The van der Waals surface area contributed by atoms with E-state index in [9.17, 15) is 4.39 Å². The van der Waals surface area contributed by atoms with Crippen molar-refractivity contribution in [2.45, 2.75) is 13.1 Å². The lowest BCUT2D eigenvalue weighted by Gasteiger charge is -2.11. The molecule has 27 heavy (non-hydrogen) atoms. The summed E-state index contributed by atoms with van der Waals surface area (Å²) in [6.45, 7) is 0.854. The van der Waals surface area contributed by atoms with Gasteiger partial charge in [0, 0.05) is 25.4 Å². The topological polar surface area (TPSA) is 63.5 Å². The Kier molecular flexibility index (Phi) is 6.04. The molecule has 0 atom stereocenters. The first kappa shape index (κ1) is 18.4. The molecule has 140 valence electrons. The summed E-state index contributed by atoms with van der Waals surface area (Å²) >= 11 is 0. The van der Waals surface area contributed by atoms with Gasteiger partial charge >= 0.3 is 0 Å². The van der Waals surface area contributed by atoms with E-state index < -0.39 is 0 Å². The first-order valence-electron chi connectivity index (χ1n) is 8.56. The van der Waals surface area contributed by atoms with Gasteiger partial charge in [0.15, 0.2) is 5.96 Å². The zero-order valence-electron chi connectivity index (χ0n) is 15.3. The second-order valence-electron chi connectivity index (χ2n) is 5.82. The molecule has 3 rings (SSSR count). The summed E-state index contributed by atoms with van der Waals surface area (Å²) < 4.78 is 20.6. The maximum atomic E-state index is 13.7. The van der Waals surface area contributed by atoms with Crippen LogP contribution >= 0.6 is 0 Å².